The number of carbonyl (C=O) groups excluding carboxylic acids is 1. The van der Waals surface area contributed by atoms with Gasteiger partial charge >= 0.3 is 5.97 Å². The summed E-state index contributed by atoms with van der Waals surface area (Å²) in [7, 11) is 0. The van der Waals surface area contributed by atoms with Crippen molar-refractivity contribution >= 4 is 11.9 Å². The van der Waals surface area contributed by atoms with Crippen LogP contribution in [0, 0.1) is 53.3 Å². The summed E-state index contributed by atoms with van der Waals surface area (Å²) in [5.41, 5.74) is -0.597. The molecule has 2 aliphatic heterocycles. The number of carboxylic acid groups (broad SMARTS) is 1. The average Bonchev–Trinajstić information content (AvgIpc) is 3.15. The van der Waals surface area contributed by atoms with E-state index in [1.54, 1.807) is 0 Å². The Morgan fingerprint density at radius 2 is 1.73 bits per heavy atom. The summed E-state index contributed by atoms with van der Waals surface area (Å²) in [6.07, 6.45) is 1.21. The van der Waals surface area contributed by atoms with E-state index in [0.29, 0.717) is 35.5 Å². The highest BCUT2D eigenvalue weighted by atomic mass is 16.7. The number of rotatable bonds is 6. The van der Waals surface area contributed by atoms with Gasteiger partial charge in [-0.15, -0.1) is 0 Å². The fourth-order valence-electron chi connectivity index (χ4n) is 8.44. The van der Waals surface area contributed by atoms with Crippen molar-refractivity contribution in [3.63, 3.8) is 0 Å². The molecule has 0 aromatic heterocycles. The minimum Gasteiger partial charge on any atom is -0.480 e. The average molecular weight is 362 g/mol. The van der Waals surface area contributed by atoms with Crippen molar-refractivity contribution in [2.75, 3.05) is 0 Å². The second-order valence-corrected chi connectivity index (χ2v) is 9.90. The van der Waals surface area contributed by atoms with Gasteiger partial charge in [-0.1, -0.05) is 13.8 Å². The Kier molecular flexibility index (Phi) is 2.61. The van der Waals surface area contributed by atoms with Crippen LogP contribution in [-0.4, -0.2) is 45.7 Å². The fraction of sp³-hybridized carbons (Fsp3) is 0.895. The second kappa shape index (κ2) is 4.28. The molecule has 7 nitrogen and oxygen atoms in total. The molecule has 12 atom stereocenters. The van der Waals surface area contributed by atoms with Gasteiger partial charge in [0.2, 0.25) is 5.91 Å². The molecule has 0 radical (unpaired) electrons. The van der Waals surface area contributed by atoms with Crippen molar-refractivity contribution in [3.8, 4) is 0 Å². The molecular weight excluding hydrogens is 336 g/mol. The van der Waals surface area contributed by atoms with E-state index in [1.807, 2.05) is 13.8 Å². The lowest BCUT2D eigenvalue weighted by atomic mass is 9.58. The lowest BCUT2D eigenvalue weighted by Gasteiger charge is -2.47. The van der Waals surface area contributed by atoms with Gasteiger partial charge in [0, 0.05) is 23.7 Å². The minimum atomic E-state index is -1.05. The number of aliphatic hydroxyl groups is 1. The summed E-state index contributed by atoms with van der Waals surface area (Å²) < 4.78 is 6.37. The van der Waals surface area contributed by atoms with Crippen LogP contribution < -0.4 is 10.6 Å². The smallest absolute Gasteiger partial charge is 0.325 e. The Bertz CT molecular complexity index is 741. The molecule has 0 aromatic carbocycles. The van der Waals surface area contributed by atoms with Gasteiger partial charge in [-0.05, 0) is 42.9 Å². The molecule has 4 N–H and O–H groups in total. The lowest BCUT2D eigenvalue weighted by molar-refractivity contribution is -0.217. The lowest BCUT2D eigenvalue weighted by Crippen LogP contribution is -2.64. The molecule has 0 spiro atoms. The molecule has 5 saturated carbocycles. The Labute approximate surface area is 151 Å². The maximum absolute atomic E-state index is 12.8. The van der Waals surface area contributed by atoms with Crippen molar-refractivity contribution in [2.24, 2.45) is 53.3 Å². The Morgan fingerprint density at radius 3 is 2.38 bits per heavy atom. The number of hydrogen-bond donors (Lipinski definition) is 4. The number of carbonyl (C=O) groups is 2. The number of nitrogens with one attached hydrogen (secondary N) is 2. The maximum atomic E-state index is 12.8. The number of amides is 1. The van der Waals surface area contributed by atoms with Crippen LogP contribution in [-0.2, 0) is 14.3 Å². The quantitative estimate of drug-likeness (QED) is 0.529. The molecule has 142 valence electrons. The van der Waals surface area contributed by atoms with Gasteiger partial charge < -0.3 is 20.3 Å². The van der Waals surface area contributed by atoms with Crippen LogP contribution in [0.5, 0.6) is 0 Å². The number of aliphatic carboxylic acids is 1. The predicted molar refractivity (Wildman–Crippen MR) is 88.3 cm³/mol. The first-order valence-corrected chi connectivity index (χ1v) is 9.95. The Balaban J connectivity index is 1.31. The molecule has 2 heterocycles. The van der Waals surface area contributed by atoms with Crippen LogP contribution in [0.2, 0.25) is 0 Å². The van der Waals surface area contributed by atoms with Gasteiger partial charge in [-0.2, -0.15) is 0 Å². The SMILES string of the molecule is CC(C)[C@H](NC12OC3(O)C4C5CC(C6C5C3C61)C42)C(=O)N[C@@H](C)C(=O)O. The van der Waals surface area contributed by atoms with Crippen molar-refractivity contribution < 1.29 is 24.5 Å². The summed E-state index contributed by atoms with van der Waals surface area (Å²) in [6.45, 7) is 5.38. The van der Waals surface area contributed by atoms with Crippen LogP contribution >= 0.6 is 0 Å². The third-order valence-corrected chi connectivity index (χ3v) is 8.84. The molecule has 26 heavy (non-hydrogen) atoms. The zero-order valence-electron chi connectivity index (χ0n) is 15.2. The van der Waals surface area contributed by atoms with Gasteiger partial charge in [0.15, 0.2) is 5.79 Å². The van der Waals surface area contributed by atoms with Gasteiger partial charge in [0.1, 0.15) is 11.8 Å². The molecule has 7 aliphatic rings. The van der Waals surface area contributed by atoms with Gasteiger partial charge in [0.25, 0.3) is 0 Å². The van der Waals surface area contributed by atoms with Gasteiger partial charge in [-0.25, -0.2) is 0 Å². The molecule has 5 aliphatic carbocycles. The van der Waals surface area contributed by atoms with E-state index < -0.39 is 29.6 Å². The van der Waals surface area contributed by atoms with Crippen LogP contribution in [0.3, 0.4) is 0 Å². The van der Waals surface area contributed by atoms with E-state index in [0.717, 1.165) is 0 Å². The largest absolute Gasteiger partial charge is 0.480 e. The van der Waals surface area contributed by atoms with Crippen molar-refractivity contribution in [3.05, 3.63) is 0 Å². The van der Waals surface area contributed by atoms with Crippen LogP contribution in [0.1, 0.15) is 27.2 Å². The third kappa shape index (κ3) is 1.35. The minimum absolute atomic E-state index is 0.0102. The highest BCUT2D eigenvalue weighted by Crippen LogP contribution is 2.92. The van der Waals surface area contributed by atoms with E-state index in [9.17, 15) is 14.7 Å². The zero-order chi connectivity index (χ0) is 18.3. The monoisotopic (exact) mass is 362 g/mol. The molecule has 10 unspecified atom stereocenters. The second-order valence-electron chi connectivity index (χ2n) is 9.90. The molecule has 0 aromatic rings. The predicted octanol–water partition coefficient (Wildman–Crippen LogP) is -0.00730. The first-order valence-electron chi connectivity index (χ1n) is 9.95. The molecule has 2 saturated heterocycles. The van der Waals surface area contributed by atoms with Crippen LogP contribution in [0.4, 0.5) is 0 Å². The van der Waals surface area contributed by atoms with Gasteiger partial charge in [-0.3, -0.25) is 14.9 Å². The summed E-state index contributed by atoms with van der Waals surface area (Å²) in [5.74, 6) is 1.19. The molecule has 7 fully saturated rings. The van der Waals surface area contributed by atoms with Crippen LogP contribution in [0.25, 0.3) is 0 Å². The Hall–Kier alpha value is -1.18. The summed E-state index contributed by atoms with van der Waals surface area (Å²) in [4.78, 5) is 23.9. The molecule has 1 amide bonds. The fourth-order valence-corrected chi connectivity index (χ4v) is 8.44. The van der Waals surface area contributed by atoms with Crippen molar-refractivity contribution in [2.45, 2.75) is 50.8 Å². The molecule has 7 heteroatoms. The first kappa shape index (κ1) is 15.8. The van der Waals surface area contributed by atoms with E-state index in [4.69, 9.17) is 9.84 Å². The van der Waals surface area contributed by atoms with Crippen molar-refractivity contribution in [1.82, 2.24) is 10.6 Å². The van der Waals surface area contributed by atoms with Gasteiger partial charge in [0.05, 0.1) is 6.04 Å². The zero-order valence-corrected chi connectivity index (χ0v) is 15.2. The summed E-state index contributed by atoms with van der Waals surface area (Å²) in [5, 5.41) is 26.5. The Morgan fingerprint density at radius 1 is 1.08 bits per heavy atom. The third-order valence-electron chi connectivity index (χ3n) is 8.84. The topological polar surface area (TPSA) is 108 Å². The van der Waals surface area contributed by atoms with Crippen LogP contribution in [0.15, 0.2) is 0 Å². The number of carboxylic acids is 1. The summed E-state index contributed by atoms with van der Waals surface area (Å²) in [6, 6.07) is -1.46. The highest BCUT2D eigenvalue weighted by molar-refractivity contribution is 5.87. The molecule has 7 rings (SSSR count). The number of ether oxygens (including phenoxy) is 1. The maximum Gasteiger partial charge on any atom is 0.325 e. The normalized spacial score (nSPS) is 57.9. The van der Waals surface area contributed by atoms with Crippen molar-refractivity contribution in [1.29, 1.82) is 0 Å². The summed E-state index contributed by atoms with van der Waals surface area (Å²) >= 11 is 0. The standard InChI is InChI=1S/C19H26N2O5/c1-5(2)15(16(22)20-6(3)17(23)24)21-18-11-7-4-8-10-9(7)13(18)14(10)19(25,26-18)12(8)11/h5-15,21,25H,4H2,1-3H3,(H,20,22)(H,23,24)/t6-,7?,8?,9?,10?,11?,12?,13?,14?,15-,18?,19?/m0/s1. The van der Waals surface area contributed by atoms with E-state index in [-0.39, 0.29) is 23.7 Å². The highest BCUT2D eigenvalue weighted by Gasteiger charge is 2.97. The van der Waals surface area contributed by atoms with E-state index in [1.165, 1.54) is 13.3 Å². The molecule has 4 bridgehead atoms. The van der Waals surface area contributed by atoms with E-state index >= 15 is 0 Å². The molecular formula is C19H26N2O5. The number of hydrogen-bond acceptors (Lipinski definition) is 5. The van der Waals surface area contributed by atoms with E-state index in [2.05, 4.69) is 10.6 Å². The first-order chi connectivity index (χ1) is 12.2.